The maximum Gasteiger partial charge on any atom is 0.290 e. The van der Waals surface area contributed by atoms with Gasteiger partial charge in [-0.25, -0.2) is 18.7 Å². The third kappa shape index (κ3) is 3.77. The zero-order chi connectivity index (χ0) is 21.9. The Kier molecular flexibility index (Phi) is 4.73. The standard InChI is InChI=1S/C23H28F2N6O/c24-23(25)13-30(6-5-19(23)32)22-9-17(31-12-16-7-18(31)11-26-16)8-21(29-22)28-20-4-3-15(10-27-20)14-1-2-14/h3-4,8-10,14,16,18-19,26,32H,1-2,5-7,11-13H2,(H,27,28,29). The molecule has 4 fully saturated rings. The van der Waals surface area contributed by atoms with Crippen LogP contribution in [0.5, 0.6) is 0 Å². The molecule has 5 heterocycles. The zero-order valence-corrected chi connectivity index (χ0v) is 17.8. The van der Waals surface area contributed by atoms with Crippen molar-refractivity contribution >= 4 is 23.1 Å². The van der Waals surface area contributed by atoms with E-state index < -0.39 is 18.6 Å². The van der Waals surface area contributed by atoms with Gasteiger partial charge in [0.15, 0.2) is 0 Å². The molecule has 0 radical (unpaired) electrons. The molecule has 4 aliphatic rings. The number of rotatable bonds is 5. The van der Waals surface area contributed by atoms with Crippen molar-refractivity contribution in [3.8, 4) is 0 Å². The zero-order valence-electron chi connectivity index (χ0n) is 17.8. The first-order valence-electron chi connectivity index (χ1n) is 11.5. The van der Waals surface area contributed by atoms with E-state index in [4.69, 9.17) is 0 Å². The first-order chi connectivity index (χ1) is 15.4. The van der Waals surface area contributed by atoms with E-state index in [0.29, 0.717) is 42.0 Å². The molecule has 1 aliphatic carbocycles. The van der Waals surface area contributed by atoms with Gasteiger partial charge < -0.3 is 25.5 Å². The number of fused-ring (bicyclic) bond motifs is 2. The number of hydrogen-bond donors (Lipinski definition) is 3. The van der Waals surface area contributed by atoms with Crippen LogP contribution in [-0.4, -0.2) is 65.4 Å². The van der Waals surface area contributed by atoms with Crippen molar-refractivity contribution in [1.29, 1.82) is 0 Å². The number of piperazine rings is 1. The first-order valence-corrected chi connectivity index (χ1v) is 11.5. The third-order valence-corrected chi connectivity index (χ3v) is 7.16. The Balaban J connectivity index is 1.30. The molecule has 0 spiro atoms. The number of aliphatic hydroxyl groups excluding tert-OH is 1. The quantitative estimate of drug-likeness (QED) is 0.657. The number of alkyl halides is 2. The molecule has 3 atom stereocenters. The summed E-state index contributed by atoms with van der Waals surface area (Å²) in [4.78, 5) is 13.1. The van der Waals surface area contributed by atoms with Gasteiger partial charge >= 0.3 is 0 Å². The molecule has 170 valence electrons. The molecule has 32 heavy (non-hydrogen) atoms. The van der Waals surface area contributed by atoms with Gasteiger partial charge in [-0.05, 0) is 43.2 Å². The van der Waals surface area contributed by atoms with Crippen LogP contribution < -0.4 is 20.4 Å². The lowest BCUT2D eigenvalue weighted by Gasteiger charge is -2.37. The van der Waals surface area contributed by atoms with Crippen molar-refractivity contribution in [2.45, 2.75) is 55.7 Å². The Labute approximate surface area is 185 Å². The van der Waals surface area contributed by atoms with E-state index in [1.165, 1.54) is 18.4 Å². The molecular formula is C23H28F2N6O. The van der Waals surface area contributed by atoms with Crippen molar-refractivity contribution in [3.05, 3.63) is 36.0 Å². The smallest absolute Gasteiger partial charge is 0.290 e. The monoisotopic (exact) mass is 442 g/mol. The van der Waals surface area contributed by atoms with Gasteiger partial charge in [0.1, 0.15) is 23.6 Å². The molecule has 7 nitrogen and oxygen atoms in total. The van der Waals surface area contributed by atoms with Crippen molar-refractivity contribution in [2.24, 2.45) is 0 Å². The van der Waals surface area contributed by atoms with Crippen LogP contribution in [0.3, 0.4) is 0 Å². The average Bonchev–Trinajstić information content (AvgIpc) is 3.41. The van der Waals surface area contributed by atoms with E-state index in [-0.39, 0.29) is 6.42 Å². The highest BCUT2D eigenvalue weighted by molar-refractivity contribution is 5.66. The van der Waals surface area contributed by atoms with Crippen LogP contribution in [0.1, 0.15) is 37.2 Å². The van der Waals surface area contributed by atoms with E-state index in [1.807, 2.05) is 24.4 Å². The minimum Gasteiger partial charge on any atom is -0.387 e. The summed E-state index contributed by atoms with van der Waals surface area (Å²) in [6.07, 6.45) is 3.87. The third-order valence-electron chi connectivity index (χ3n) is 7.16. The highest BCUT2D eigenvalue weighted by Crippen LogP contribution is 2.40. The average molecular weight is 443 g/mol. The highest BCUT2D eigenvalue weighted by atomic mass is 19.3. The van der Waals surface area contributed by atoms with Gasteiger partial charge in [0.2, 0.25) is 0 Å². The number of aliphatic hydroxyl groups is 1. The van der Waals surface area contributed by atoms with Crippen LogP contribution in [0.4, 0.5) is 31.9 Å². The van der Waals surface area contributed by atoms with Crippen molar-refractivity contribution in [3.63, 3.8) is 0 Å². The van der Waals surface area contributed by atoms with Gasteiger partial charge in [-0.3, -0.25) is 0 Å². The van der Waals surface area contributed by atoms with Crippen LogP contribution in [0.25, 0.3) is 0 Å². The highest BCUT2D eigenvalue weighted by Gasteiger charge is 2.44. The summed E-state index contributed by atoms with van der Waals surface area (Å²) in [5, 5.41) is 16.5. The number of nitrogens with zero attached hydrogens (tertiary/aromatic N) is 4. The molecule has 2 aromatic rings. The molecule has 1 saturated carbocycles. The van der Waals surface area contributed by atoms with Crippen molar-refractivity contribution in [1.82, 2.24) is 15.3 Å². The van der Waals surface area contributed by atoms with Gasteiger partial charge in [0.05, 0.1) is 6.54 Å². The summed E-state index contributed by atoms with van der Waals surface area (Å²) < 4.78 is 28.5. The van der Waals surface area contributed by atoms with E-state index in [2.05, 4.69) is 31.6 Å². The van der Waals surface area contributed by atoms with Crippen LogP contribution in [-0.2, 0) is 0 Å². The van der Waals surface area contributed by atoms with Crippen LogP contribution in [0.15, 0.2) is 30.5 Å². The topological polar surface area (TPSA) is 76.6 Å². The summed E-state index contributed by atoms with van der Waals surface area (Å²) in [6, 6.07) is 8.81. The SMILES string of the molecule is OC1CCN(c2cc(N3CC4CC3CN4)cc(Nc3ccc(C4CC4)cn3)n2)CC1(F)F. The van der Waals surface area contributed by atoms with Crippen LogP contribution >= 0.6 is 0 Å². The van der Waals surface area contributed by atoms with E-state index >= 15 is 0 Å². The Morgan fingerprint density at radius 3 is 2.69 bits per heavy atom. The molecule has 3 N–H and O–H groups in total. The maximum atomic E-state index is 14.2. The molecule has 6 rings (SSSR count). The number of aromatic nitrogens is 2. The van der Waals surface area contributed by atoms with Gasteiger partial charge in [0.25, 0.3) is 5.92 Å². The number of halogens is 2. The second kappa shape index (κ2) is 7.52. The number of pyridine rings is 2. The minimum absolute atomic E-state index is 0.0180. The lowest BCUT2D eigenvalue weighted by atomic mass is 10.0. The fourth-order valence-electron chi connectivity index (χ4n) is 5.16. The van der Waals surface area contributed by atoms with Crippen molar-refractivity contribution < 1.29 is 13.9 Å². The fourth-order valence-corrected chi connectivity index (χ4v) is 5.16. The predicted molar refractivity (Wildman–Crippen MR) is 119 cm³/mol. The molecule has 0 amide bonds. The Bertz CT molecular complexity index is 998. The molecule has 3 saturated heterocycles. The summed E-state index contributed by atoms with van der Waals surface area (Å²) in [5.41, 5.74) is 2.24. The Hall–Kier alpha value is -2.52. The van der Waals surface area contributed by atoms with E-state index in [1.54, 1.807) is 4.90 Å². The maximum absolute atomic E-state index is 14.2. The summed E-state index contributed by atoms with van der Waals surface area (Å²) in [5.74, 6) is -0.731. The summed E-state index contributed by atoms with van der Waals surface area (Å²) >= 11 is 0. The summed E-state index contributed by atoms with van der Waals surface area (Å²) in [7, 11) is 0. The molecule has 9 heteroatoms. The minimum atomic E-state index is -3.15. The Morgan fingerprint density at radius 2 is 2.03 bits per heavy atom. The normalized spacial score (nSPS) is 28.9. The van der Waals surface area contributed by atoms with Gasteiger partial charge in [-0.15, -0.1) is 0 Å². The number of nitrogens with one attached hydrogen (secondary N) is 2. The van der Waals surface area contributed by atoms with Crippen LogP contribution in [0.2, 0.25) is 0 Å². The fraction of sp³-hybridized carbons (Fsp3) is 0.565. The number of anilines is 4. The molecule has 0 aromatic carbocycles. The van der Waals surface area contributed by atoms with E-state index in [0.717, 1.165) is 25.2 Å². The first kappa shape index (κ1) is 20.1. The predicted octanol–water partition coefficient (Wildman–Crippen LogP) is 2.85. The van der Waals surface area contributed by atoms with Gasteiger partial charge in [-0.1, -0.05) is 6.07 Å². The Morgan fingerprint density at radius 1 is 1.16 bits per heavy atom. The van der Waals surface area contributed by atoms with Crippen molar-refractivity contribution in [2.75, 3.05) is 41.3 Å². The van der Waals surface area contributed by atoms with Gasteiger partial charge in [0, 0.05) is 55.7 Å². The second-order valence-corrected chi connectivity index (χ2v) is 9.58. The number of hydrogen-bond acceptors (Lipinski definition) is 7. The van der Waals surface area contributed by atoms with Gasteiger partial charge in [-0.2, -0.15) is 0 Å². The van der Waals surface area contributed by atoms with Crippen LogP contribution in [0, 0.1) is 0 Å². The summed E-state index contributed by atoms with van der Waals surface area (Å²) in [6.45, 7) is 1.64. The number of piperidine rings is 1. The molecule has 3 aliphatic heterocycles. The molecule has 2 aromatic heterocycles. The molecule has 2 bridgehead atoms. The lowest BCUT2D eigenvalue weighted by molar-refractivity contribution is -0.113. The second-order valence-electron chi connectivity index (χ2n) is 9.58. The van der Waals surface area contributed by atoms with E-state index in [9.17, 15) is 13.9 Å². The molecular weight excluding hydrogens is 414 g/mol. The lowest BCUT2D eigenvalue weighted by Crippen LogP contribution is -2.52. The largest absolute Gasteiger partial charge is 0.387 e. The molecule has 3 unspecified atom stereocenters.